The van der Waals surface area contributed by atoms with Gasteiger partial charge in [-0.2, -0.15) is 0 Å². The fourth-order valence-corrected chi connectivity index (χ4v) is 2.89. The van der Waals surface area contributed by atoms with Gasteiger partial charge in [0.25, 0.3) is 0 Å². The average Bonchev–Trinajstić information content (AvgIpc) is 3.02. The van der Waals surface area contributed by atoms with Gasteiger partial charge in [0.05, 0.1) is 23.8 Å². The quantitative estimate of drug-likeness (QED) is 0.897. The summed E-state index contributed by atoms with van der Waals surface area (Å²) in [6.07, 6.45) is 6.73. The second kappa shape index (κ2) is 5.90. The molecule has 21 heavy (non-hydrogen) atoms. The third kappa shape index (κ3) is 3.27. The Hall–Kier alpha value is -1.81. The Morgan fingerprint density at radius 1 is 1.38 bits per heavy atom. The van der Waals surface area contributed by atoms with Crippen molar-refractivity contribution in [3.8, 4) is 11.3 Å². The number of hydrogen-bond donors (Lipinski definition) is 2. The molecular weight excluding hydrogens is 262 g/mol. The van der Waals surface area contributed by atoms with Crippen LogP contribution in [0.3, 0.4) is 0 Å². The van der Waals surface area contributed by atoms with Crippen molar-refractivity contribution in [2.75, 3.05) is 11.9 Å². The molecule has 0 amide bonds. The predicted molar refractivity (Wildman–Crippen MR) is 85.3 cm³/mol. The van der Waals surface area contributed by atoms with Gasteiger partial charge in [-0.15, -0.1) is 0 Å². The zero-order chi connectivity index (χ0) is 14.7. The van der Waals surface area contributed by atoms with E-state index in [9.17, 15) is 0 Å². The molecule has 1 aliphatic rings. The van der Waals surface area contributed by atoms with E-state index in [1.807, 2.05) is 6.20 Å². The third-order valence-electron chi connectivity index (χ3n) is 4.41. The van der Waals surface area contributed by atoms with E-state index < -0.39 is 0 Å². The van der Waals surface area contributed by atoms with Gasteiger partial charge in [-0.25, -0.2) is 4.98 Å². The maximum atomic E-state index is 5.90. The van der Waals surface area contributed by atoms with E-state index in [1.165, 1.54) is 5.69 Å². The third-order valence-corrected chi connectivity index (χ3v) is 4.41. The van der Waals surface area contributed by atoms with Crippen LogP contribution in [0.15, 0.2) is 36.8 Å². The van der Waals surface area contributed by atoms with Crippen molar-refractivity contribution in [3.63, 3.8) is 0 Å². The molecule has 3 rings (SSSR count). The molecule has 1 aromatic carbocycles. The fraction of sp³-hybridized carbons (Fsp3) is 0.471. The van der Waals surface area contributed by atoms with Crippen LogP contribution in [0.25, 0.3) is 11.3 Å². The minimum absolute atomic E-state index is 0.0196. The molecule has 2 N–H and O–H groups in total. The van der Waals surface area contributed by atoms with Crippen LogP contribution in [-0.4, -0.2) is 28.2 Å². The van der Waals surface area contributed by atoms with Crippen molar-refractivity contribution >= 4 is 5.69 Å². The van der Waals surface area contributed by atoms with Crippen LogP contribution in [0, 0.1) is 0 Å². The normalized spacial score (nSPS) is 25.7. The van der Waals surface area contributed by atoms with Crippen molar-refractivity contribution in [1.29, 1.82) is 0 Å². The Kier molecular flexibility index (Phi) is 3.97. The van der Waals surface area contributed by atoms with Crippen molar-refractivity contribution < 1.29 is 4.74 Å². The molecule has 1 fully saturated rings. The van der Waals surface area contributed by atoms with Crippen LogP contribution in [0.5, 0.6) is 0 Å². The molecule has 0 spiro atoms. The summed E-state index contributed by atoms with van der Waals surface area (Å²) in [7, 11) is 0. The number of aromatic nitrogens is 2. The van der Waals surface area contributed by atoms with E-state index in [0.717, 1.165) is 37.1 Å². The molecule has 2 aromatic rings. The van der Waals surface area contributed by atoms with E-state index in [1.54, 1.807) is 6.33 Å². The molecule has 0 bridgehead atoms. The summed E-state index contributed by atoms with van der Waals surface area (Å²) in [5.41, 5.74) is 3.39. The van der Waals surface area contributed by atoms with E-state index in [2.05, 4.69) is 53.4 Å². The second-order valence-electron chi connectivity index (χ2n) is 6.03. The number of H-pyrrole nitrogens is 1. The number of rotatable bonds is 4. The lowest BCUT2D eigenvalue weighted by Crippen LogP contribution is -2.41. The highest BCUT2D eigenvalue weighted by Gasteiger charge is 2.31. The highest BCUT2D eigenvalue weighted by atomic mass is 16.5. The molecule has 0 aliphatic carbocycles. The number of anilines is 1. The van der Waals surface area contributed by atoms with Crippen molar-refractivity contribution in [1.82, 2.24) is 9.97 Å². The van der Waals surface area contributed by atoms with Gasteiger partial charge in [-0.05, 0) is 43.9 Å². The van der Waals surface area contributed by atoms with Gasteiger partial charge in [0.1, 0.15) is 0 Å². The van der Waals surface area contributed by atoms with Gasteiger partial charge in [-0.3, -0.25) is 0 Å². The molecule has 112 valence electrons. The first-order valence-electron chi connectivity index (χ1n) is 7.68. The molecule has 0 radical (unpaired) electrons. The number of aromatic amines is 1. The summed E-state index contributed by atoms with van der Waals surface area (Å²) in [4.78, 5) is 7.18. The first-order valence-corrected chi connectivity index (χ1v) is 7.68. The van der Waals surface area contributed by atoms with Gasteiger partial charge >= 0.3 is 0 Å². The summed E-state index contributed by atoms with van der Waals surface area (Å²) in [5, 5.41) is 3.64. The molecule has 4 heteroatoms. The first kappa shape index (κ1) is 14.1. The second-order valence-corrected chi connectivity index (χ2v) is 6.03. The molecule has 1 saturated heterocycles. The lowest BCUT2D eigenvalue weighted by molar-refractivity contribution is -0.0708. The van der Waals surface area contributed by atoms with Crippen molar-refractivity contribution in [2.24, 2.45) is 0 Å². The Balaban J connectivity index is 1.65. The molecule has 4 nitrogen and oxygen atoms in total. The van der Waals surface area contributed by atoms with Crippen molar-refractivity contribution in [2.45, 2.75) is 44.8 Å². The van der Waals surface area contributed by atoms with Crippen LogP contribution in [0.2, 0.25) is 0 Å². The first-order chi connectivity index (χ1) is 10.2. The highest BCUT2D eigenvalue weighted by Crippen LogP contribution is 2.30. The monoisotopic (exact) mass is 285 g/mol. The molecule has 0 saturated carbocycles. The average molecular weight is 285 g/mol. The standard InChI is InChI=1S/C17H23N3O/c1-3-17(2)10-15(8-9-21-17)20-14-6-4-13(5-7-14)16-11-18-12-19-16/h4-7,11-12,15,20H,3,8-10H2,1-2H3,(H,18,19). The van der Waals surface area contributed by atoms with Crippen molar-refractivity contribution in [3.05, 3.63) is 36.8 Å². The number of imidazole rings is 1. The number of hydrogen-bond acceptors (Lipinski definition) is 3. The van der Waals surface area contributed by atoms with Gasteiger partial charge < -0.3 is 15.0 Å². The fourth-order valence-electron chi connectivity index (χ4n) is 2.89. The van der Waals surface area contributed by atoms with Crippen LogP contribution < -0.4 is 5.32 Å². The number of ether oxygens (including phenoxy) is 1. The van der Waals surface area contributed by atoms with Gasteiger partial charge in [0, 0.05) is 18.3 Å². The predicted octanol–water partition coefficient (Wildman–Crippen LogP) is 3.84. The van der Waals surface area contributed by atoms with E-state index in [0.29, 0.717) is 6.04 Å². The SMILES string of the molecule is CCC1(C)CC(Nc2ccc(-c3cnc[nH]3)cc2)CCO1. The summed E-state index contributed by atoms with van der Waals surface area (Å²) < 4.78 is 5.90. The lowest BCUT2D eigenvalue weighted by Gasteiger charge is -2.38. The smallest absolute Gasteiger partial charge is 0.0924 e. The maximum absolute atomic E-state index is 5.90. The maximum Gasteiger partial charge on any atom is 0.0924 e. The Morgan fingerprint density at radius 2 is 2.19 bits per heavy atom. The lowest BCUT2D eigenvalue weighted by atomic mass is 9.90. The highest BCUT2D eigenvalue weighted by molar-refractivity contribution is 5.62. The number of benzene rings is 1. The molecule has 2 unspecified atom stereocenters. The Morgan fingerprint density at radius 3 is 2.86 bits per heavy atom. The van der Waals surface area contributed by atoms with Gasteiger partial charge in [0.2, 0.25) is 0 Å². The minimum atomic E-state index is 0.0196. The molecule has 2 atom stereocenters. The van der Waals surface area contributed by atoms with E-state index in [-0.39, 0.29) is 5.60 Å². The van der Waals surface area contributed by atoms with Crippen LogP contribution >= 0.6 is 0 Å². The Bertz CT molecular complexity index is 564. The summed E-state index contributed by atoms with van der Waals surface area (Å²) in [5.74, 6) is 0. The molecule has 1 aromatic heterocycles. The zero-order valence-corrected chi connectivity index (χ0v) is 12.7. The van der Waals surface area contributed by atoms with Gasteiger partial charge in [0.15, 0.2) is 0 Å². The van der Waals surface area contributed by atoms with Gasteiger partial charge in [-0.1, -0.05) is 19.1 Å². The minimum Gasteiger partial charge on any atom is -0.382 e. The largest absolute Gasteiger partial charge is 0.382 e. The molecule has 1 aliphatic heterocycles. The van der Waals surface area contributed by atoms with E-state index in [4.69, 9.17) is 4.74 Å². The number of nitrogens with zero attached hydrogens (tertiary/aromatic N) is 1. The zero-order valence-electron chi connectivity index (χ0n) is 12.7. The van der Waals surface area contributed by atoms with Crippen LogP contribution in [0.4, 0.5) is 5.69 Å². The Labute approximate surface area is 125 Å². The topological polar surface area (TPSA) is 49.9 Å². The summed E-state index contributed by atoms with van der Waals surface area (Å²) >= 11 is 0. The van der Waals surface area contributed by atoms with E-state index >= 15 is 0 Å². The summed E-state index contributed by atoms with van der Waals surface area (Å²) in [6.45, 7) is 5.25. The summed E-state index contributed by atoms with van der Waals surface area (Å²) in [6, 6.07) is 8.99. The van der Waals surface area contributed by atoms with Crippen LogP contribution in [0.1, 0.15) is 33.1 Å². The van der Waals surface area contributed by atoms with Crippen LogP contribution in [-0.2, 0) is 4.74 Å². The number of nitrogens with one attached hydrogen (secondary N) is 2. The molecule has 2 heterocycles. The molecular formula is C17H23N3O.